The molecule has 5 unspecified atom stereocenters. The van der Waals surface area contributed by atoms with E-state index in [9.17, 15) is 9.59 Å². The number of carbonyl (C=O) groups is 2. The minimum absolute atomic E-state index is 0.0838. The van der Waals surface area contributed by atoms with Gasteiger partial charge in [0.15, 0.2) is 23.2 Å². The number of methoxy groups -OCH3 is 2. The summed E-state index contributed by atoms with van der Waals surface area (Å²) in [6.07, 6.45) is 3.37. The third kappa shape index (κ3) is 17.1. The van der Waals surface area contributed by atoms with E-state index in [4.69, 9.17) is 38.8 Å². The summed E-state index contributed by atoms with van der Waals surface area (Å²) in [5, 5.41) is 2.86. The molecule has 1 saturated heterocycles. The number of hydrogen-bond donors (Lipinski definition) is 1. The Labute approximate surface area is 407 Å². The van der Waals surface area contributed by atoms with Gasteiger partial charge in [0.2, 0.25) is 0 Å². The van der Waals surface area contributed by atoms with Gasteiger partial charge in [0.05, 0.1) is 58.7 Å². The Morgan fingerprint density at radius 1 is 0.881 bits per heavy atom. The molecule has 2 aromatic heterocycles. The van der Waals surface area contributed by atoms with Gasteiger partial charge in [-0.2, -0.15) is 0 Å². The van der Waals surface area contributed by atoms with E-state index >= 15 is 0 Å². The lowest BCUT2D eigenvalue weighted by molar-refractivity contribution is -0.119. The van der Waals surface area contributed by atoms with Crippen molar-refractivity contribution in [3.63, 3.8) is 0 Å². The van der Waals surface area contributed by atoms with Gasteiger partial charge in [-0.15, -0.1) is 0 Å². The van der Waals surface area contributed by atoms with Crippen molar-refractivity contribution >= 4 is 58.8 Å². The number of carbonyl (C=O) groups excluding carboxylic acids is 2. The van der Waals surface area contributed by atoms with Crippen LogP contribution < -0.4 is 5.32 Å². The molecule has 0 saturated carbocycles. The van der Waals surface area contributed by atoms with Gasteiger partial charge in [-0.05, 0) is 91.5 Å². The second-order valence-electron chi connectivity index (χ2n) is 17.1. The topological polar surface area (TPSA) is 167 Å². The number of nitrogens with zero attached hydrogens (tertiary/aromatic N) is 5. The minimum atomic E-state index is -1.66. The van der Waals surface area contributed by atoms with Crippen molar-refractivity contribution in [3.8, 4) is 0 Å². The maximum Gasteiger partial charge on any atom is 0.259 e. The Bertz CT molecular complexity index is 2100. The molecule has 5 rings (SSSR count). The molecular weight excluding hydrogens is 916 g/mol. The van der Waals surface area contributed by atoms with Crippen molar-refractivity contribution < 1.29 is 48.4 Å². The van der Waals surface area contributed by atoms with Crippen molar-refractivity contribution in [1.29, 1.82) is 0 Å². The first-order chi connectivity index (χ1) is 32.9. The number of rotatable bonds is 32. The van der Waals surface area contributed by atoms with Crippen molar-refractivity contribution in [2.45, 2.75) is 127 Å². The molecule has 0 aliphatic carbocycles. The number of aromatic nitrogens is 4. The van der Waals surface area contributed by atoms with Gasteiger partial charge in [-0.3, -0.25) is 14.2 Å². The molecule has 0 spiro atoms. The Morgan fingerprint density at radius 3 is 2.25 bits per heavy atom. The maximum atomic E-state index is 13.0. The molecule has 2 aromatic carbocycles. The summed E-state index contributed by atoms with van der Waals surface area (Å²) in [5.74, 6) is 0.192. The summed E-state index contributed by atoms with van der Waals surface area (Å²) in [6, 6.07) is 17.4. The Morgan fingerprint density at radius 2 is 1.57 bits per heavy atom. The second kappa shape index (κ2) is 28.5. The van der Waals surface area contributed by atoms with E-state index in [-0.39, 0.29) is 41.2 Å². The lowest BCUT2D eigenvalue weighted by Gasteiger charge is -2.38. The van der Waals surface area contributed by atoms with Crippen LogP contribution in [0.1, 0.15) is 97.6 Å². The van der Waals surface area contributed by atoms with Gasteiger partial charge in [0.1, 0.15) is 24.3 Å². The van der Waals surface area contributed by atoms with Crippen LogP contribution in [0.3, 0.4) is 0 Å². The smallest absolute Gasteiger partial charge is 0.259 e. The number of ketones is 1. The van der Waals surface area contributed by atoms with Gasteiger partial charge < -0.3 is 42.8 Å². The van der Waals surface area contributed by atoms with Gasteiger partial charge in [-0.25, -0.2) is 19.6 Å². The summed E-state index contributed by atoms with van der Waals surface area (Å²) < 4.78 is 60.2. The summed E-state index contributed by atoms with van der Waals surface area (Å²) in [4.78, 5) is 40.4. The third-order valence-corrected chi connectivity index (χ3v) is 16.3. The quantitative estimate of drug-likeness (QED) is 0.0279. The number of anilines is 1. The molecule has 1 aliphatic heterocycles. The van der Waals surface area contributed by atoms with Crippen molar-refractivity contribution in [3.05, 3.63) is 78.4 Å². The van der Waals surface area contributed by atoms with E-state index in [1.807, 2.05) is 18.2 Å². The van der Waals surface area contributed by atoms with Crippen LogP contribution in [0.25, 0.3) is 11.2 Å². The summed E-state index contributed by atoms with van der Waals surface area (Å²) in [7, 11) is 5.09. The normalized spacial score (nSPS) is 18.3. The fourth-order valence-corrected chi connectivity index (χ4v) is 11.6. The zero-order valence-corrected chi connectivity index (χ0v) is 42.8. The number of imidazole rings is 1. The fraction of sp³-hybridized carbons (Fsp3) is 0.604. The van der Waals surface area contributed by atoms with Crippen LogP contribution in [-0.4, -0.2) is 138 Å². The minimum Gasteiger partial charge on any atom is -0.382 e. The summed E-state index contributed by atoms with van der Waals surface area (Å²) in [6.45, 7) is 16.9. The maximum absolute atomic E-state index is 13.0. The van der Waals surface area contributed by atoms with E-state index in [0.29, 0.717) is 95.3 Å². The van der Waals surface area contributed by atoms with E-state index in [2.05, 4.69) is 78.6 Å². The van der Waals surface area contributed by atoms with Crippen molar-refractivity contribution in [2.24, 2.45) is 0 Å². The Balaban J connectivity index is 1.15. The molecule has 370 valence electrons. The van der Waals surface area contributed by atoms with E-state index < -0.39 is 33.1 Å². The molecule has 1 amide bonds. The Hall–Kier alpha value is -3.10. The van der Waals surface area contributed by atoms with Crippen LogP contribution in [0.2, 0.25) is 0 Å². The largest absolute Gasteiger partial charge is 0.382 e. The summed E-state index contributed by atoms with van der Waals surface area (Å²) >= 11 is 0. The zero-order chi connectivity index (χ0) is 48.9. The number of fused-ring (bicyclic) bond motifs is 1. The first-order valence-corrected chi connectivity index (χ1v) is 26.2. The number of hydrogen-bond acceptors (Lipinski definition) is 16. The number of Topliss-reactive ketones (excluding diaryl/α,β-unsaturated/α-hetero) is 1. The third-order valence-electron chi connectivity index (χ3n) is 10.7. The highest BCUT2D eigenvalue weighted by molar-refractivity contribution is 8.77. The van der Waals surface area contributed by atoms with Crippen LogP contribution in [0.5, 0.6) is 0 Å². The number of amides is 1. The predicted molar refractivity (Wildman–Crippen MR) is 265 cm³/mol. The van der Waals surface area contributed by atoms with Gasteiger partial charge in [0.25, 0.3) is 14.4 Å². The highest BCUT2D eigenvalue weighted by atomic mass is 33.1. The van der Waals surface area contributed by atoms with Crippen molar-refractivity contribution in [1.82, 2.24) is 24.2 Å². The number of benzene rings is 2. The van der Waals surface area contributed by atoms with Gasteiger partial charge >= 0.3 is 0 Å². The van der Waals surface area contributed by atoms with E-state index in [0.717, 1.165) is 16.9 Å². The second-order valence-corrected chi connectivity index (χ2v) is 21.4. The molecule has 19 heteroatoms. The lowest BCUT2D eigenvalue weighted by atomic mass is 10.0. The molecule has 0 radical (unpaired) electrons. The molecular formula is C48H71N6O10PS2. The average molecular weight is 988 g/mol. The molecule has 1 fully saturated rings. The van der Waals surface area contributed by atoms with E-state index in [1.165, 1.54) is 6.33 Å². The SMILES string of the molecule is [2H]CC1OC(n2cnc3c(NC(=O)c4ccccc4)ncnc32)C(OC)C1OP(OCCc1ccccc1SSC(C)(C)CCC(=O)CCCOCCOCCOCCOC)N(C(C)C)C(C)C. The fourth-order valence-electron chi connectivity index (χ4n) is 7.28. The first kappa shape index (κ1) is 53.3. The molecule has 3 heterocycles. The van der Waals surface area contributed by atoms with Gasteiger partial charge in [-0.1, -0.05) is 58.0 Å². The first-order valence-electron chi connectivity index (χ1n) is 23.6. The van der Waals surface area contributed by atoms with Crippen LogP contribution in [-0.2, 0) is 48.7 Å². The highest BCUT2D eigenvalue weighted by Gasteiger charge is 2.48. The molecule has 0 bridgehead atoms. The van der Waals surface area contributed by atoms with Crippen LogP contribution in [0.4, 0.5) is 5.82 Å². The summed E-state index contributed by atoms with van der Waals surface area (Å²) in [5.41, 5.74) is 2.46. The van der Waals surface area contributed by atoms with Crippen LogP contribution >= 0.6 is 30.1 Å². The molecule has 4 aromatic rings. The molecule has 1 aliphatic rings. The van der Waals surface area contributed by atoms with Crippen molar-refractivity contribution in [2.75, 3.05) is 72.4 Å². The molecule has 16 nitrogen and oxygen atoms in total. The van der Waals surface area contributed by atoms with E-state index in [1.54, 1.807) is 71.0 Å². The standard InChI is InChI=1S/C48H71N6O10PS2/c1-34(2)54(35(3)4)65(64-42-36(5)63-47(43(42)58-9)53-33-51-41-44(49-32-50-45(41)53)52-46(56)38-17-11-10-12-18-38)62-25-22-37-16-13-14-20-40(37)66-67-48(6,7)23-21-39(55)19-15-24-59-28-29-61-31-30-60-27-26-57-8/h10-14,16-18,20,32-36,42-43,47H,15,19,21-31H2,1-9H3,(H,49,50,52,56)/i5D. The van der Waals surface area contributed by atoms with Crippen LogP contribution in [0.15, 0.2) is 72.1 Å². The predicted octanol–water partition coefficient (Wildman–Crippen LogP) is 9.35. The number of ether oxygens (including phenoxy) is 6. The zero-order valence-electron chi connectivity index (χ0n) is 41.3. The number of nitrogens with one attached hydrogen (secondary N) is 1. The highest BCUT2D eigenvalue weighted by Crippen LogP contribution is 2.51. The Kier molecular flexibility index (Phi) is 22.7. The monoisotopic (exact) mass is 987 g/mol. The molecule has 67 heavy (non-hydrogen) atoms. The van der Waals surface area contributed by atoms with Gasteiger partial charge in [0, 0.05) is 62.3 Å². The molecule has 5 atom stereocenters. The molecule has 1 N–H and O–H groups in total. The van der Waals surface area contributed by atoms with Crippen LogP contribution in [0, 0.1) is 0 Å². The lowest BCUT2D eigenvalue weighted by Crippen LogP contribution is -2.39. The average Bonchev–Trinajstić information content (AvgIpc) is 3.92.